The highest BCUT2D eigenvalue weighted by Gasteiger charge is 2.07. The highest BCUT2D eigenvalue weighted by atomic mass is 32.1. The highest BCUT2D eigenvalue weighted by Crippen LogP contribution is 2.17. The second-order valence-corrected chi connectivity index (χ2v) is 5.88. The lowest BCUT2D eigenvalue weighted by Crippen LogP contribution is -2.01. The van der Waals surface area contributed by atoms with Crippen molar-refractivity contribution in [1.82, 2.24) is 14.9 Å². The molecule has 3 rings (SSSR count). The molecule has 0 unspecified atom stereocenters. The average molecular weight is 368 g/mol. The van der Waals surface area contributed by atoms with Gasteiger partial charge >= 0.3 is 0 Å². The number of aromatic amines is 1. The van der Waals surface area contributed by atoms with Gasteiger partial charge in [0.25, 0.3) is 0 Å². The molecular formula is C19H20N4O2S. The van der Waals surface area contributed by atoms with Crippen LogP contribution in [0.25, 0.3) is 0 Å². The third kappa shape index (κ3) is 4.18. The molecule has 0 bridgehead atoms. The predicted octanol–water partition coefficient (Wildman–Crippen LogP) is 3.82. The molecule has 0 fully saturated rings. The minimum Gasteiger partial charge on any atom is -0.497 e. The van der Waals surface area contributed by atoms with E-state index in [0.717, 1.165) is 28.5 Å². The van der Waals surface area contributed by atoms with Crippen LogP contribution < -0.4 is 9.47 Å². The van der Waals surface area contributed by atoms with Crippen LogP contribution in [0, 0.1) is 4.77 Å². The van der Waals surface area contributed by atoms with Gasteiger partial charge in [0, 0.05) is 12.0 Å². The normalized spacial score (nSPS) is 11.0. The molecule has 6 nitrogen and oxygen atoms in total. The second-order valence-electron chi connectivity index (χ2n) is 5.50. The monoisotopic (exact) mass is 368 g/mol. The van der Waals surface area contributed by atoms with Crippen molar-refractivity contribution >= 4 is 18.4 Å². The number of rotatable bonds is 7. The van der Waals surface area contributed by atoms with Gasteiger partial charge in [0.1, 0.15) is 11.5 Å². The number of benzene rings is 2. The van der Waals surface area contributed by atoms with Crippen LogP contribution >= 0.6 is 12.2 Å². The smallest absolute Gasteiger partial charge is 0.216 e. The van der Waals surface area contributed by atoms with Gasteiger partial charge in [0.05, 0.1) is 19.9 Å². The van der Waals surface area contributed by atoms with E-state index in [2.05, 4.69) is 15.3 Å². The predicted molar refractivity (Wildman–Crippen MR) is 104 cm³/mol. The van der Waals surface area contributed by atoms with Crippen LogP contribution in [0.5, 0.6) is 11.5 Å². The molecule has 1 aromatic heterocycles. The minimum absolute atomic E-state index is 0.443. The minimum atomic E-state index is 0.443. The number of H-pyrrole nitrogens is 1. The van der Waals surface area contributed by atoms with Gasteiger partial charge in [-0.25, -0.2) is 0 Å². The van der Waals surface area contributed by atoms with Gasteiger partial charge < -0.3 is 9.47 Å². The Balaban J connectivity index is 1.85. The number of aromatic nitrogens is 3. The Morgan fingerprint density at radius 1 is 1.19 bits per heavy atom. The SMILES string of the molecule is CCOc1ccccc1/C=N\n1c(Cc2ccc(OC)cc2)n[nH]c1=S. The Morgan fingerprint density at radius 2 is 1.96 bits per heavy atom. The lowest BCUT2D eigenvalue weighted by Gasteiger charge is -2.06. The Kier molecular flexibility index (Phi) is 5.80. The summed E-state index contributed by atoms with van der Waals surface area (Å²) in [6.45, 7) is 2.55. The van der Waals surface area contributed by atoms with Crippen molar-refractivity contribution in [3.8, 4) is 11.5 Å². The van der Waals surface area contributed by atoms with Crippen molar-refractivity contribution < 1.29 is 9.47 Å². The maximum Gasteiger partial charge on any atom is 0.216 e. The average Bonchev–Trinajstić information content (AvgIpc) is 3.01. The molecule has 7 heteroatoms. The summed E-state index contributed by atoms with van der Waals surface area (Å²) in [5.74, 6) is 2.33. The summed E-state index contributed by atoms with van der Waals surface area (Å²) in [5, 5.41) is 11.6. The summed E-state index contributed by atoms with van der Waals surface area (Å²) in [5.41, 5.74) is 1.97. The largest absolute Gasteiger partial charge is 0.497 e. The first-order valence-electron chi connectivity index (χ1n) is 8.26. The number of ether oxygens (including phenoxy) is 2. The standard InChI is InChI=1S/C19H20N4O2S/c1-3-25-17-7-5-4-6-15(17)13-20-23-18(21-22-19(23)26)12-14-8-10-16(24-2)11-9-14/h4-11,13H,3,12H2,1-2H3,(H,22,26)/b20-13-. The van der Waals surface area contributed by atoms with Crippen molar-refractivity contribution in [3.63, 3.8) is 0 Å². The van der Waals surface area contributed by atoms with Crippen LogP contribution in [-0.2, 0) is 6.42 Å². The van der Waals surface area contributed by atoms with Crippen LogP contribution in [0.1, 0.15) is 23.9 Å². The van der Waals surface area contributed by atoms with E-state index in [4.69, 9.17) is 21.7 Å². The summed E-state index contributed by atoms with van der Waals surface area (Å²) in [6, 6.07) is 15.6. The van der Waals surface area contributed by atoms with Crippen molar-refractivity contribution in [3.05, 3.63) is 70.3 Å². The molecule has 1 heterocycles. The van der Waals surface area contributed by atoms with Crippen LogP contribution in [0.4, 0.5) is 0 Å². The number of hydrogen-bond donors (Lipinski definition) is 1. The Labute approximate surface area is 157 Å². The van der Waals surface area contributed by atoms with Crippen LogP contribution in [0.15, 0.2) is 53.6 Å². The van der Waals surface area contributed by atoms with Crippen molar-refractivity contribution in [1.29, 1.82) is 0 Å². The second kappa shape index (κ2) is 8.44. The molecule has 26 heavy (non-hydrogen) atoms. The number of para-hydroxylation sites is 1. The lowest BCUT2D eigenvalue weighted by molar-refractivity contribution is 0.340. The Bertz CT molecular complexity index is 945. The molecule has 0 atom stereocenters. The zero-order valence-electron chi connectivity index (χ0n) is 14.7. The molecule has 0 saturated heterocycles. The molecule has 0 radical (unpaired) electrons. The van der Waals surface area contributed by atoms with Gasteiger partial charge in [-0.1, -0.05) is 24.3 Å². The van der Waals surface area contributed by atoms with E-state index in [1.54, 1.807) is 18.0 Å². The topological polar surface area (TPSA) is 64.4 Å². The molecular weight excluding hydrogens is 348 g/mol. The maximum atomic E-state index is 5.62. The van der Waals surface area contributed by atoms with E-state index in [0.29, 0.717) is 17.8 Å². The number of nitrogens with zero attached hydrogens (tertiary/aromatic N) is 3. The fraction of sp³-hybridized carbons (Fsp3) is 0.211. The zero-order valence-corrected chi connectivity index (χ0v) is 15.5. The van der Waals surface area contributed by atoms with Gasteiger partial charge in [-0.3, -0.25) is 5.10 Å². The first-order valence-corrected chi connectivity index (χ1v) is 8.67. The number of nitrogens with one attached hydrogen (secondary N) is 1. The first kappa shape index (κ1) is 17.9. The summed E-state index contributed by atoms with van der Waals surface area (Å²) in [7, 11) is 1.65. The molecule has 0 amide bonds. The third-order valence-corrected chi connectivity index (χ3v) is 4.03. The van der Waals surface area contributed by atoms with Gasteiger partial charge in [-0.2, -0.15) is 14.9 Å². The van der Waals surface area contributed by atoms with E-state index in [-0.39, 0.29) is 0 Å². The maximum absolute atomic E-state index is 5.62. The van der Waals surface area contributed by atoms with Crippen molar-refractivity contribution in [2.24, 2.45) is 5.10 Å². The third-order valence-electron chi connectivity index (χ3n) is 3.77. The molecule has 0 aliphatic heterocycles. The molecule has 0 aliphatic rings. The van der Waals surface area contributed by atoms with E-state index < -0.39 is 0 Å². The van der Waals surface area contributed by atoms with Crippen molar-refractivity contribution in [2.45, 2.75) is 13.3 Å². The van der Waals surface area contributed by atoms with Gasteiger partial charge in [0.15, 0.2) is 5.82 Å². The van der Waals surface area contributed by atoms with Crippen LogP contribution in [-0.4, -0.2) is 34.8 Å². The molecule has 0 aliphatic carbocycles. The molecule has 0 spiro atoms. The fourth-order valence-corrected chi connectivity index (χ4v) is 2.68. The zero-order chi connectivity index (χ0) is 18.4. The van der Waals surface area contributed by atoms with E-state index in [9.17, 15) is 0 Å². The van der Waals surface area contributed by atoms with Gasteiger partial charge in [-0.05, 0) is 49.0 Å². The van der Waals surface area contributed by atoms with Crippen LogP contribution in [0.3, 0.4) is 0 Å². The summed E-state index contributed by atoms with van der Waals surface area (Å²) < 4.78 is 12.9. The van der Waals surface area contributed by atoms with E-state index >= 15 is 0 Å². The number of hydrogen-bond acceptors (Lipinski definition) is 5. The summed E-state index contributed by atoms with van der Waals surface area (Å²) in [4.78, 5) is 0. The summed E-state index contributed by atoms with van der Waals surface area (Å²) in [6.07, 6.45) is 2.33. The molecule has 3 aromatic rings. The Morgan fingerprint density at radius 3 is 2.69 bits per heavy atom. The van der Waals surface area contributed by atoms with Crippen molar-refractivity contribution in [2.75, 3.05) is 13.7 Å². The molecule has 2 aromatic carbocycles. The molecule has 1 N–H and O–H groups in total. The summed E-state index contributed by atoms with van der Waals surface area (Å²) >= 11 is 5.31. The molecule has 0 saturated carbocycles. The Hall–Kier alpha value is -2.93. The van der Waals surface area contributed by atoms with E-state index in [1.165, 1.54) is 0 Å². The lowest BCUT2D eigenvalue weighted by atomic mass is 10.1. The fourth-order valence-electron chi connectivity index (χ4n) is 2.48. The van der Waals surface area contributed by atoms with E-state index in [1.807, 2.05) is 55.5 Å². The molecule has 134 valence electrons. The highest BCUT2D eigenvalue weighted by molar-refractivity contribution is 7.71. The van der Waals surface area contributed by atoms with Crippen LogP contribution in [0.2, 0.25) is 0 Å². The van der Waals surface area contributed by atoms with Gasteiger partial charge in [0.2, 0.25) is 4.77 Å². The van der Waals surface area contributed by atoms with Gasteiger partial charge in [-0.15, -0.1) is 0 Å². The number of methoxy groups -OCH3 is 1. The quantitative estimate of drug-likeness (QED) is 0.509. The first-order chi connectivity index (χ1) is 12.7.